The number of halogens is 1. The molecule has 0 fully saturated rings. The van der Waals surface area contributed by atoms with Crippen molar-refractivity contribution in [2.75, 3.05) is 0 Å². The van der Waals surface area contributed by atoms with Crippen LogP contribution in [-0.4, -0.2) is 14.5 Å². The van der Waals surface area contributed by atoms with Gasteiger partial charge < -0.3 is 4.57 Å². The quantitative estimate of drug-likeness (QED) is 0.713. The highest BCUT2D eigenvalue weighted by atomic mass is 35.5. The summed E-state index contributed by atoms with van der Waals surface area (Å²) in [6.07, 6.45) is 5.70. The Labute approximate surface area is 120 Å². The third kappa shape index (κ3) is 2.51. The number of rotatable bonds is 3. The second-order valence-electron chi connectivity index (χ2n) is 4.97. The van der Waals surface area contributed by atoms with Gasteiger partial charge in [0.25, 0.3) is 0 Å². The van der Waals surface area contributed by atoms with Crippen LogP contribution in [0.15, 0.2) is 30.9 Å². The van der Waals surface area contributed by atoms with E-state index in [1.165, 1.54) is 0 Å². The molecule has 3 aromatic heterocycles. The summed E-state index contributed by atoms with van der Waals surface area (Å²) in [6, 6.07) is 3.87. The maximum Gasteiger partial charge on any atom is 0.0982 e. The average Bonchev–Trinajstić information content (AvgIpc) is 2.94. The molecule has 0 atom stereocenters. The van der Waals surface area contributed by atoms with Gasteiger partial charge in [-0.2, -0.15) is 0 Å². The topological polar surface area (TPSA) is 30.7 Å². The molecule has 0 unspecified atom stereocenters. The summed E-state index contributed by atoms with van der Waals surface area (Å²) in [5, 5.41) is 0.753. The van der Waals surface area contributed by atoms with Crippen LogP contribution in [0.25, 0.3) is 20.8 Å². The van der Waals surface area contributed by atoms with E-state index in [-0.39, 0.29) is 0 Å². The normalized spacial score (nSPS) is 11.6. The molecule has 0 radical (unpaired) electrons. The first-order chi connectivity index (χ1) is 9.13. The Bertz CT molecular complexity index is 714. The van der Waals surface area contributed by atoms with E-state index in [1.807, 2.05) is 18.5 Å². The van der Waals surface area contributed by atoms with Gasteiger partial charge in [-0.3, -0.25) is 4.98 Å². The van der Waals surface area contributed by atoms with Gasteiger partial charge >= 0.3 is 0 Å². The number of aromatic nitrogens is 3. The van der Waals surface area contributed by atoms with Gasteiger partial charge in [0, 0.05) is 18.9 Å². The van der Waals surface area contributed by atoms with Crippen LogP contribution in [0.2, 0.25) is 5.02 Å². The number of pyridine rings is 1. The lowest BCUT2D eigenvalue weighted by Crippen LogP contribution is -2.00. The standard InChI is InChI=1S/C14H14ClN3S/c1-9(2)6-18-7-12(17-8-18)13-5-11-14(19-13)10(15)3-4-16-11/h3-5,7-9H,6H2,1-2H3. The van der Waals surface area contributed by atoms with E-state index in [0.717, 1.165) is 32.4 Å². The van der Waals surface area contributed by atoms with Crippen molar-refractivity contribution in [2.45, 2.75) is 20.4 Å². The number of hydrogen-bond donors (Lipinski definition) is 0. The van der Waals surface area contributed by atoms with Crippen LogP contribution >= 0.6 is 22.9 Å². The first kappa shape index (κ1) is 12.6. The third-order valence-electron chi connectivity index (χ3n) is 2.83. The van der Waals surface area contributed by atoms with Gasteiger partial charge in [-0.25, -0.2) is 4.98 Å². The van der Waals surface area contributed by atoms with E-state index in [1.54, 1.807) is 17.5 Å². The second kappa shape index (κ2) is 4.94. The highest BCUT2D eigenvalue weighted by molar-refractivity contribution is 7.22. The van der Waals surface area contributed by atoms with Gasteiger partial charge in [0.1, 0.15) is 0 Å². The van der Waals surface area contributed by atoms with Crippen LogP contribution in [0.5, 0.6) is 0 Å². The van der Waals surface area contributed by atoms with Gasteiger partial charge in [-0.05, 0) is 18.1 Å². The summed E-state index contributed by atoms with van der Waals surface area (Å²) in [4.78, 5) is 9.91. The van der Waals surface area contributed by atoms with Crippen molar-refractivity contribution in [1.82, 2.24) is 14.5 Å². The average molecular weight is 292 g/mol. The SMILES string of the molecule is CC(C)Cn1cnc(-c2cc3nccc(Cl)c3s2)c1. The first-order valence-corrected chi connectivity index (χ1v) is 7.39. The smallest absolute Gasteiger partial charge is 0.0982 e. The molecule has 3 nitrogen and oxygen atoms in total. The summed E-state index contributed by atoms with van der Waals surface area (Å²) in [5.41, 5.74) is 1.92. The van der Waals surface area contributed by atoms with E-state index < -0.39 is 0 Å². The summed E-state index contributed by atoms with van der Waals surface area (Å²) in [7, 11) is 0. The Morgan fingerprint density at radius 3 is 2.95 bits per heavy atom. The number of hydrogen-bond acceptors (Lipinski definition) is 3. The predicted octanol–water partition coefficient (Wildman–Crippen LogP) is 4.47. The van der Waals surface area contributed by atoms with Crippen molar-refractivity contribution in [3.63, 3.8) is 0 Å². The third-order valence-corrected chi connectivity index (χ3v) is 4.43. The minimum absolute atomic E-state index is 0.612. The van der Waals surface area contributed by atoms with Crippen LogP contribution in [0.3, 0.4) is 0 Å². The number of thiophene rings is 1. The van der Waals surface area contributed by atoms with Crippen molar-refractivity contribution in [3.8, 4) is 10.6 Å². The lowest BCUT2D eigenvalue weighted by atomic mass is 10.2. The van der Waals surface area contributed by atoms with Gasteiger partial charge in [0.05, 0.1) is 32.1 Å². The fourth-order valence-corrected chi connectivity index (χ4v) is 3.29. The molecule has 5 heteroatoms. The molecule has 0 aliphatic heterocycles. The van der Waals surface area contributed by atoms with Crippen LogP contribution in [-0.2, 0) is 6.54 Å². The molecule has 0 aliphatic rings. The van der Waals surface area contributed by atoms with Gasteiger partial charge in [0.2, 0.25) is 0 Å². The summed E-state index contributed by atoms with van der Waals surface area (Å²) in [5.74, 6) is 0.612. The lowest BCUT2D eigenvalue weighted by Gasteiger charge is -2.03. The fourth-order valence-electron chi connectivity index (χ4n) is 2.04. The Hall–Kier alpha value is -1.39. The second-order valence-corrected chi connectivity index (χ2v) is 6.43. The first-order valence-electron chi connectivity index (χ1n) is 6.19. The molecule has 3 heterocycles. The molecule has 98 valence electrons. The predicted molar refractivity (Wildman–Crippen MR) is 80.7 cm³/mol. The highest BCUT2D eigenvalue weighted by Gasteiger charge is 2.10. The molecule has 19 heavy (non-hydrogen) atoms. The van der Waals surface area contributed by atoms with Crippen molar-refractivity contribution < 1.29 is 0 Å². The molecule has 0 bridgehead atoms. The molecule has 0 spiro atoms. The Morgan fingerprint density at radius 2 is 2.21 bits per heavy atom. The van der Waals surface area contributed by atoms with Gasteiger partial charge in [0.15, 0.2) is 0 Å². The zero-order valence-corrected chi connectivity index (χ0v) is 12.4. The molecule has 0 aromatic carbocycles. The highest BCUT2D eigenvalue weighted by Crippen LogP contribution is 2.35. The van der Waals surface area contributed by atoms with Crippen LogP contribution in [0.4, 0.5) is 0 Å². The number of fused-ring (bicyclic) bond motifs is 1. The number of imidazole rings is 1. The van der Waals surface area contributed by atoms with Gasteiger partial charge in [-0.15, -0.1) is 11.3 Å². The van der Waals surface area contributed by atoms with E-state index >= 15 is 0 Å². The summed E-state index contributed by atoms with van der Waals surface area (Å²) < 4.78 is 3.15. The van der Waals surface area contributed by atoms with Gasteiger partial charge in [-0.1, -0.05) is 25.4 Å². The van der Waals surface area contributed by atoms with Crippen molar-refractivity contribution in [1.29, 1.82) is 0 Å². The molecule has 0 saturated carbocycles. The largest absolute Gasteiger partial charge is 0.337 e. The Morgan fingerprint density at radius 1 is 1.37 bits per heavy atom. The van der Waals surface area contributed by atoms with Crippen LogP contribution in [0.1, 0.15) is 13.8 Å². The minimum atomic E-state index is 0.612. The molecule has 3 aromatic rings. The molecular formula is C14H14ClN3S. The van der Waals surface area contributed by atoms with Crippen LogP contribution in [0, 0.1) is 5.92 Å². The molecule has 0 saturated heterocycles. The Kier molecular flexibility index (Phi) is 3.29. The van der Waals surface area contributed by atoms with Crippen molar-refractivity contribution in [3.05, 3.63) is 35.9 Å². The lowest BCUT2D eigenvalue weighted by molar-refractivity contribution is 0.523. The summed E-state index contributed by atoms with van der Waals surface area (Å²) in [6.45, 7) is 5.38. The van der Waals surface area contributed by atoms with Crippen molar-refractivity contribution in [2.24, 2.45) is 5.92 Å². The van der Waals surface area contributed by atoms with E-state index in [4.69, 9.17) is 11.6 Å². The molecule has 0 aliphatic carbocycles. The van der Waals surface area contributed by atoms with E-state index in [0.29, 0.717) is 5.92 Å². The molecule has 0 amide bonds. The molecule has 0 N–H and O–H groups in total. The zero-order valence-electron chi connectivity index (χ0n) is 10.8. The zero-order chi connectivity index (χ0) is 13.4. The maximum absolute atomic E-state index is 6.18. The fraction of sp³-hybridized carbons (Fsp3) is 0.286. The number of nitrogens with zero attached hydrogens (tertiary/aromatic N) is 3. The summed E-state index contributed by atoms with van der Waals surface area (Å²) >= 11 is 7.82. The maximum atomic E-state index is 6.18. The monoisotopic (exact) mass is 291 g/mol. The van der Waals surface area contributed by atoms with Crippen LogP contribution < -0.4 is 0 Å². The van der Waals surface area contributed by atoms with E-state index in [2.05, 4.69) is 34.6 Å². The van der Waals surface area contributed by atoms with Crippen molar-refractivity contribution >= 4 is 33.2 Å². The van der Waals surface area contributed by atoms with E-state index in [9.17, 15) is 0 Å². The molecular weight excluding hydrogens is 278 g/mol. The minimum Gasteiger partial charge on any atom is -0.337 e. The Balaban J connectivity index is 2.00. The molecule has 3 rings (SSSR count).